The molecule has 2 aromatic heterocycles. The third-order valence-electron chi connectivity index (χ3n) is 10.3. The molecule has 1 atom stereocenters. The number of unbranched alkanes of at least 4 members (excludes halogenated alkanes) is 3. The number of hydrogen-bond donors (Lipinski definition) is 4. The molecule has 5 rings (SSSR count). The highest BCUT2D eigenvalue weighted by Gasteiger charge is 2.41. The van der Waals surface area contributed by atoms with Gasteiger partial charge < -0.3 is 44.3 Å². The lowest BCUT2D eigenvalue weighted by molar-refractivity contribution is -0.137. The molecule has 0 spiro atoms. The van der Waals surface area contributed by atoms with E-state index >= 15 is 0 Å². The maximum Gasteiger partial charge on any atom is 0.410 e. The van der Waals surface area contributed by atoms with Gasteiger partial charge in [-0.15, -0.1) is 0 Å². The molecule has 0 radical (unpaired) electrons. The molecule has 1 saturated heterocycles. The maximum atomic E-state index is 13.6. The first-order valence-corrected chi connectivity index (χ1v) is 21.6. The molecule has 3 heterocycles. The molecule has 4 aromatic rings. The fourth-order valence-electron chi connectivity index (χ4n) is 6.87. The molecule has 1 aliphatic rings. The summed E-state index contributed by atoms with van der Waals surface area (Å²) >= 11 is 0. The molecule has 62 heavy (non-hydrogen) atoms. The Bertz CT molecular complexity index is 1960. The number of aromatic amines is 1. The number of likely N-dealkylation sites (tertiary alicyclic amines) is 1. The van der Waals surface area contributed by atoms with Gasteiger partial charge in [0.25, 0.3) is 5.91 Å². The SMILES string of the molecule is CC(NC(=O)c1cccc(NC2(c3nc(-c4ccncc4)n[nH]3)CCN(C(=O)OC(C)(C)C)CC2)c1)c1ccc(OCCCCCCOCCOCCOCCCC(=O)O)cc1. The van der Waals surface area contributed by atoms with E-state index in [1.54, 1.807) is 23.4 Å². The Kier molecular flexibility index (Phi) is 18.5. The molecule has 4 N–H and O–H groups in total. The van der Waals surface area contributed by atoms with Crippen LogP contribution in [0.4, 0.5) is 10.5 Å². The molecule has 0 aliphatic carbocycles. The van der Waals surface area contributed by atoms with Crippen molar-refractivity contribution in [2.24, 2.45) is 0 Å². The summed E-state index contributed by atoms with van der Waals surface area (Å²) in [6, 6.07) is 18.7. The number of carboxylic acids is 1. The van der Waals surface area contributed by atoms with Gasteiger partial charge in [-0.05, 0) is 114 Å². The van der Waals surface area contributed by atoms with E-state index in [0.29, 0.717) is 95.8 Å². The number of anilines is 1. The number of piperidine rings is 1. The van der Waals surface area contributed by atoms with Crippen molar-refractivity contribution >= 4 is 23.7 Å². The zero-order valence-corrected chi connectivity index (χ0v) is 36.5. The van der Waals surface area contributed by atoms with Crippen molar-refractivity contribution in [1.29, 1.82) is 0 Å². The summed E-state index contributed by atoms with van der Waals surface area (Å²) in [4.78, 5) is 47.7. The van der Waals surface area contributed by atoms with Crippen molar-refractivity contribution in [3.8, 4) is 17.1 Å². The second-order valence-corrected chi connectivity index (χ2v) is 16.4. The van der Waals surface area contributed by atoms with Gasteiger partial charge in [0.05, 0.1) is 39.1 Å². The van der Waals surface area contributed by atoms with Crippen LogP contribution in [0.1, 0.15) is 107 Å². The number of H-pyrrole nitrogens is 1. The summed E-state index contributed by atoms with van der Waals surface area (Å²) in [5, 5.41) is 23.1. The van der Waals surface area contributed by atoms with Gasteiger partial charge in [0, 0.05) is 61.9 Å². The predicted octanol–water partition coefficient (Wildman–Crippen LogP) is 7.55. The Labute approximate surface area is 364 Å². The number of nitrogens with one attached hydrogen (secondary N) is 3. The molecule has 16 heteroatoms. The summed E-state index contributed by atoms with van der Waals surface area (Å²) in [5.41, 5.74) is 1.72. The molecule has 0 bridgehead atoms. The molecule has 2 aromatic carbocycles. The third kappa shape index (κ3) is 15.7. The second-order valence-electron chi connectivity index (χ2n) is 16.4. The van der Waals surface area contributed by atoms with Crippen LogP contribution >= 0.6 is 0 Å². The van der Waals surface area contributed by atoms with Crippen molar-refractivity contribution in [1.82, 2.24) is 30.4 Å². The topological polar surface area (TPSA) is 199 Å². The number of carboxylic acid groups (broad SMARTS) is 1. The molecular formula is C46H63N7O9. The average molecular weight is 858 g/mol. The summed E-state index contributed by atoms with van der Waals surface area (Å²) in [5.74, 6) is 0.945. The van der Waals surface area contributed by atoms with Gasteiger partial charge in [0.15, 0.2) is 11.6 Å². The number of aliphatic carboxylic acids is 1. The van der Waals surface area contributed by atoms with Gasteiger partial charge in [-0.25, -0.2) is 9.78 Å². The normalized spacial score (nSPS) is 14.2. The lowest BCUT2D eigenvalue weighted by Gasteiger charge is -2.41. The van der Waals surface area contributed by atoms with Crippen molar-refractivity contribution in [2.75, 3.05) is 64.7 Å². The minimum atomic E-state index is -0.811. The van der Waals surface area contributed by atoms with E-state index in [1.165, 1.54) is 0 Å². The fraction of sp³-hybridized carbons (Fsp3) is 0.522. The Hall–Kier alpha value is -5.58. The standard InChI is InChI=1S/C46H63N7O9/c1-34(35-14-16-39(17-15-35)61-28-8-6-5-7-26-58-29-31-60-32-30-59-27-10-13-40(54)55)48-42(56)37-11-9-12-38(33-37)50-46(20-24-53(25-21-46)44(57)62-45(2,3)4)43-49-41(51-52-43)36-18-22-47-23-19-36/h9,11-12,14-19,22-23,33-34,50H,5-8,10,13,20-21,24-32H2,1-4H3,(H,48,56)(H,54,55)(H,49,51,52). The Balaban J connectivity index is 1.04. The predicted molar refractivity (Wildman–Crippen MR) is 234 cm³/mol. The molecular weight excluding hydrogens is 795 g/mol. The van der Waals surface area contributed by atoms with E-state index in [1.807, 2.05) is 82.3 Å². The lowest BCUT2D eigenvalue weighted by atomic mass is 9.86. The van der Waals surface area contributed by atoms with Crippen LogP contribution in [-0.2, 0) is 29.3 Å². The largest absolute Gasteiger partial charge is 0.494 e. The molecule has 1 unspecified atom stereocenters. The van der Waals surface area contributed by atoms with Crippen LogP contribution < -0.4 is 15.4 Å². The summed E-state index contributed by atoms with van der Waals surface area (Å²) in [7, 11) is 0. The van der Waals surface area contributed by atoms with Crippen LogP contribution in [0, 0.1) is 0 Å². The highest BCUT2D eigenvalue weighted by atomic mass is 16.6. The third-order valence-corrected chi connectivity index (χ3v) is 10.3. The van der Waals surface area contributed by atoms with E-state index < -0.39 is 17.1 Å². The van der Waals surface area contributed by atoms with Crippen molar-refractivity contribution in [3.63, 3.8) is 0 Å². The number of ether oxygens (including phenoxy) is 5. The number of carbonyl (C=O) groups excluding carboxylic acids is 2. The number of carbonyl (C=O) groups is 3. The molecule has 1 aliphatic heterocycles. The smallest absolute Gasteiger partial charge is 0.410 e. The van der Waals surface area contributed by atoms with Crippen LogP contribution in [0.2, 0.25) is 0 Å². The summed E-state index contributed by atoms with van der Waals surface area (Å²) in [6.45, 7) is 12.1. The molecule has 1 fully saturated rings. The molecule has 336 valence electrons. The Morgan fingerprint density at radius 2 is 1.48 bits per heavy atom. The van der Waals surface area contributed by atoms with Crippen LogP contribution in [0.25, 0.3) is 11.4 Å². The lowest BCUT2D eigenvalue weighted by Crippen LogP contribution is -2.50. The molecule has 16 nitrogen and oxygen atoms in total. The van der Waals surface area contributed by atoms with Gasteiger partial charge in [0.1, 0.15) is 16.9 Å². The van der Waals surface area contributed by atoms with Gasteiger partial charge >= 0.3 is 12.1 Å². The number of rotatable bonds is 25. The quantitative estimate of drug-likeness (QED) is 0.0477. The number of hydrogen-bond acceptors (Lipinski definition) is 12. The second kappa shape index (κ2) is 24.2. The molecule has 0 saturated carbocycles. The Morgan fingerprint density at radius 1 is 0.839 bits per heavy atom. The zero-order chi connectivity index (χ0) is 44.2. The van der Waals surface area contributed by atoms with Gasteiger partial charge in [-0.1, -0.05) is 24.6 Å². The first-order chi connectivity index (χ1) is 29.9. The number of benzene rings is 2. The summed E-state index contributed by atoms with van der Waals surface area (Å²) < 4.78 is 28.1. The first-order valence-electron chi connectivity index (χ1n) is 21.6. The van der Waals surface area contributed by atoms with E-state index in [-0.39, 0.29) is 24.5 Å². The zero-order valence-electron chi connectivity index (χ0n) is 36.5. The van der Waals surface area contributed by atoms with Crippen molar-refractivity contribution in [2.45, 2.75) is 96.2 Å². The van der Waals surface area contributed by atoms with E-state index in [0.717, 1.165) is 48.2 Å². The van der Waals surface area contributed by atoms with Gasteiger partial charge in [0.2, 0.25) is 0 Å². The highest BCUT2D eigenvalue weighted by Crippen LogP contribution is 2.36. The fourth-order valence-corrected chi connectivity index (χ4v) is 6.87. The van der Waals surface area contributed by atoms with Crippen molar-refractivity contribution < 1.29 is 43.2 Å². The van der Waals surface area contributed by atoms with E-state index in [9.17, 15) is 14.4 Å². The van der Waals surface area contributed by atoms with Crippen LogP contribution in [0.5, 0.6) is 5.75 Å². The highest BCUT2D eigenvalue weighted by molar-refractivity contribution is 5.95. The number of aromatic nitrogens is 4. The van der Waals surface area contributed by atoms with E-state index in [4.69, 9.17) is 33.8 Å². The average Bonchev–Trinajstić information content (AvgIpc) is 3.76. The summed E-state index contributed by atoms with van der Waals surface area (Å²) in [6.07, 6.45) is 8.72. The monoisotopic (exact) mass is 857 g/mol. The number of amides is 2. The minimum absolute atomic E-state index is 0.117. The Morgan fingerprint density at radius 3 is 2.15 bits per heavy atom. The van der Waals surface area contributed by atoms with Crippen LogP contribution in [-0.4, -0.2) is 113 Å². The minimum Gasteiger partial charge on any atom is -0.494 e. The van der Waals surface area contributed by atoms with Gasteiger partial charge in [-0.2, -0.15) is 5.10 Å². The maximum absolute atomic E-state index is 13.6. The van der Waals surface area contributed by atoms with Crippen LogP contribution in [0.3, 0.4) is 0 Å². The van der Waals surface area contributed by atoms with Crippen molar-refractivity contribution in [3.05, 3.63) is 90.0 Å². The van der Waals surface area contributed by atoms with E-state index in [2.05, 4.69) is 25.8 Å². The number of pyridine rings is 1. The first kappa shape index (κ1) is 47.5. The molecule has 2 amide bonds. The number of nitrogens with zero attached hydrogens (tertiary/aromatic N) is 4. The van der Waals surface area contributed by atoms with Crippen LogP contribution in [0.15, 0.2) is 73.1 Å². The van der Waals surface area contributed by atoms with Gasteiger partial charge in [-0.3, -0.25) is 19.7 Å².